The van der Waals surface area contributed by atoms with Gasteiger partial charge in [-0.15, -0.1) is 11.3 Å². The number of fused-ring (bicyclic) bond motifs is 1. The maximum absolute atomic E-state index is 12.6. The van der Waals surface area contributed by atoms with Gasteiger partial charge in [-0.2, -0.15) is 4.68 Å². The summed E-state index contributed by atoms with van der Waals surface area (Å²) in [6.07, 6.45) is -0.179. The number of benzene rings is 1. The van der Waals surface area contributed by atoms with E-state index in [-0.39, 0.29) is 27.8 Å². The number of nitrogens with one attached hydrogen (secondary N) is 3. The number of aromatic nitrogens is 2. The van der Waals surface area contributed by atoms with E-state index in [0.717, 1.165) is 18.4 Å². The molecule has 0 saturated carbocycles. The van der Waals surface area contributed by atoms with E-state index in [4.69, 9.17) is 0 Å². The summed E-state index contributed by atoms with van der Waals surface area (Å²) in [6.45, 7) is -0.0774. The molecule has 0 radical (unpaired) electrons. The molecule has 12 nitrogen and oxygen atoms in total. The fraction of sp³-hybridized carbons (Fsp3) is 0.200. The summed E-state index contributed by atoms with van der Waals surface area (Å²) in [7, 11) is -3.93. The number of nitro groups is 1. The number of aromatic amines is 1. The molecule has 2 aromatic heterocycles. The molecule has 0 amide bonds. The van der Waals surface area contributed by atoms with Gasteiger partial charge in [-0.1, -0.05) is 6.07 Å². The van der Waals surface area contributed by atoms with Crippen LogP contribution in [0.25, 0.3) is 10.9 Å². The van der Waals surface area contributed by atoms with Crippen molar-refractivity contribution < 1.29 is 18.4 Å². The third-order valence-corrected chi connectivity index (χ3v) is 5.31. The molecule has 0 bridgehead atoms. The van der Waals surface area contributed by atoms with Crippen LogP contribution in [0.1, 0.15) is 11.0 Å². The summed E-state index contributed by atoms with van der Waals surface area (Å²) in [5.41, 5.74) is -2.75. The Morgan fingerprint density at radius 3 is 2.69 bits per heavy atom. The van der Waals surface area contributed by atoms with Crippen LogP contribution < -0.4 is 21.4 Å². The third kappa shape index (κ3) is 4.44. The van der Waals surface area contributed by atoms with E-state index >= 15 is 0 Å². The summed E-state index contributed by atoms with van der Waals surface area (Å²) in [5, 5.41) is 25.9. The van der Waals surface area contributed by atoms with Crippen LogP contribution >= 0.6 is 11.3 Å². The highest BCUT2D eigenvalue weighted by atomic mass is 32.2. The largest absolute Gasteiger partial charge is 0.386 e. The zero-order chi connectivity index (χ0) is 21.3. The molecule has 154 valence electrons. The molecule has 1 atom stereocenters. The molecule has 14 heteroatoms. The number of sulfonamides is 1. The van der Waals surface area contributed by atoms with Crippen LogP contribution in [0.2, 0.25) is 0 Å². The van der Waals surface area contributed by atoms with Gasteiger partial charge in [-0.25, -0.2) is 18.0 Å². The molecule has 1 aromatic carbocycles. The van der Waals surface area contributed by atoms with Gasteiger partial charge in [0, 0.05) is 17.5 Å². The second-order valence-corrected chi connectivity index (χ2v) is 8.72. The molecule has 0 fully saturated rings. The second-order valence-electron chi connectivity index (χ2n) is 6.02. The molecule has 1 unspecified atom stereocenters. The zero-order valence-corrected chi connectivity index (χ0v) is 16.4. The summed E-state index contributed by atoms with van der Waals surface area (Å²) in [6, 6.07) is 5.55. The van der Waals surface area contributed by atoms with Gasteiger partial charge in [0.1, 0.15) is 11.8 Å². The molecule has 3 rings (SSSR count). The molecule has 2 heterocycles. The maximum atomic E-state index is 12.6. The molecule has 0 aliphatic rings. The average molecular weight is 441 g/mol. The lowest BCUT2D eigenvalue weighted by Gasteiger charge is -2.13. The maximum Gasteiger partial charge on any atom is 0.348 e. The fourth-order valence-electron chi connectivity index (χ4n) is 2.58. The van der Waals surface area contributed by atoms with Gasteiger partial charge < -0.3 is 15.4 Å². The Morgan fingerprint density at radius 1 is 1.38 bits per heavy atom. The highest BCUT2D eigenvalue weighted by Gasteiger charge is 2.20. The number of hydrogen-bond donors (Lipinski definition) is 4. The van der Waals surface area contributed by atoms with Gasteiger partial charge in [-0.05, 0) is 17.5 Å². The lowest BCUT2D eigenvalue weighted by molar-refractivity contribution is -0.383. The van der Waals surface area contributed by atoms with E-state index in [0.29, 0.717) is 4.88 Å². The van der Waals surface area contributed by atoms with Gasteiger partial charge in [0.05, 0.1) is 22.1 Å². The number of hydrogen-bond acceptors (Lipinski definition) is 9. The molecule has 0 aliphatic heterocycles. The van der Waals surface area contributed by atoms with Gasteiger partial charge in [0.15, 0.2) is 0 Å². The standard InChI is InChI=1S/C15H15N5O7S2/c1-29(26,27)18-19-14(22)8-5-10(16-7-12(21)13-3-2-4-28-13)11(20(24)25)6-9(8)17-15(19)23/h2-6,12,16,18,21H,7H2,1H3,(H,17,23). The van der Waals surface area contributed by atoms with Crippen LogP contribution in [-0.2, 0) is 10.0 Å². The Balaban J connectivity index is 2.08. The first-order valence-corrected chi connectivity index (χ1v) is 10.7. The van der Waals surface area contributed by atoms with Crippen molar-refractivity contribution in [3.05, 3.63) is 65.5 Å². The Kier molecular flexibility index (Phi) is 5.41. The van der Waals surface area contributed by atoms with Crippen LogP contribution in [0.5, 0.6) is 0 Å². The minimum Gasteiger partial charge on any atom is -0.386 e. The van der Waals surface area contributed by atoms with E-state index < -0.39 is 38.0 Å². The molecule has 29 heavy (non-hydrogen) atoms. The van der Waals surface area contributed by atoms with E-state index in [1.54, 1.807) is 22.3 Å². The number of nitrogens with zero attached hydrogens (tertiary/aromatic N) is 2. The number of nitro benzene ring substituents is 1. The normalized spacial score (nSPS) is 12.6. The topological polar surface area (TPSA) is 176 Å². The third-order valence-electron chi connectivity index (χ3n) is 3.83. The van der Waals surface area contributed by atoms with Crippen molar-refractivity contribution in [3.8, 4) is 0 Å². The van der Waals surface area contributed by atoms with Crippen LogP contribution in [0, 0.1) is 10.1 Å². The molecular weight excluding hydrogens is 426 g/mol. The van der Waals surface area contributed by atoms with Crippen molar-refractivity contribution in [1.29, 1.82) is 0 Å². The Morgan fingerprint density at radius 2 is 2.10 bits per heavy atom. The number of rotatable bonds is 7. The number of H-pyrrole nitrogens is 1. The molecule has 4 N–H and O–H groups in total. The van der Waals surface area contributed by atoms with Crippen molar-refractivity contribution in [1.82, 2.24) is 9.66 Å². The number of anilines is 1. The van der Waals surface area contributed by atoms with E-state index in [1.807, 2.05) is 0 Å². The van der Waals surface area contributed by atoms with E-state index in [1.165, 1.54) is 11.3 Å². The first-order valence-electron chi connectivity index (χ1n) is 7.97. The second kappa shape index (κ2) is 7.65. The fourth-order valence-corrected chi connectivity index (χ4v) is 3.79. The Labute approximate surface area is 166 Å². The van der Waals surface area contributed by atoms with Gasteiger partial charge in [0.25, 0.3) is 11.2 Å². The molecular formula is C15H15N5O7S2. The van der Waals surface area contributed by atoms with E-state index in [9.17, 15) is 33.2 Å². The van der Waals surface area contributed by atoms with Crippen molar-refractivity contribution in [2.45, 2.75) is 6.10 Å². The summed E-state index contributed by atoms with van der Waals surface area (Å²) >= 11 is 1.31. The van der Waals surface area contributed by atoms with Crippen LogP contribution in [-0.4, -0.2) is 40.9 Å². The monoisotopic (exact) mass is 441 g/mol. The molecule has 0 aliphatic carbocycles. The summed E-state index contributed by atoms with van der Waals surface area (Å²) in [5.74, 6) is 0. The summed E-state index contributed by atoms with van der Waals surface area (Å²) in [4.78, 5) is 39.9. The van der Waals surface area contributed by atoms with Gasteiger partial charge >= 0.3 is 5.69 Å². The first kappa shape index (κ1) is 20.5. The SMILES string of the molecule is CS(=O)(=O)Nn1c(=O)[nH]c2cc([N+](=O)[O-])c(NCC(O)c3cccs3)cc2c1=O. The van der Waals surface area contributed by atoms with E-state index in [2.05, 4.69) is 10.3 Å². The van der Waals surface area contributed by atoms with Crippen molar-refractivity contribution >= 4 is 43.6 Å². The van der Waals surface area contributed by atoms with Crippen LogP contribution in [0.3, 0.4) is 0 Å². The van der Waals surface area contributed by atoms with Gasteiger partial charge in [-0.3, -0.25) is 14.9 Å². The van der Waals surface area contributed by atoms with Crippen molar-refractivity contribution in [2.75, 3.05) is 22.9 Å². The Bertz CT molecular complexity index is 1300. The Hall–Kier alpha value is -3.23. The highest BCUT2D eigenvalue weighted by Crippen LogP contribution is 2.29. The number of aliphatic hydroxyl groups is 1. The van der Waals surface area contributed by atoms with Crippen molar-refractivity contribution in [3.63, 3.8) is 0 Å². The lowest BCUT2D eigenvalue weighted by Crippen LogP contribution is -2.43. The smallest absolute Gasteiger partial charge is 0.348 e. The number of aliphatic hydroxyl groups excluding tert-OH is 1. The zero-order valence-electron chi connectivity index (χ0n) is 14.8. The van der Waals surface area contributed by atoms with Crippen molar-refractivity contribution in [2.24, 2.45) is 0 Å². The highest BCUT2D eigenvalue weighted by molar-refractivity contribution is 7.91. The molecule has 0 spiro atoms. The van der Waals surface area contributed by atoms with Crippen LogP contribution in [0.4, 0.5) is 11.4 Å². The molecule has 0 saturated heterocycles. The predicted molar refractivity (Wildman–Crippen MR) is 107 cm³/mol. The first-order chi connectivity index (χ1) is 13.6. The minimum absolute atomic E-state index is 0.0758. The quantitative estimate of drug-likeness (QED) is 0.299. The summed E-state index contributed by atoms with van der Waals surface area (Å²) < 4.78 is 23.0. The van der Waals surface area contributed by atoms with Crippen LogP contribution in [0.15, 0.2) is 39.2 Å². The number of thiophene rings is 1. The average Bonchev–Trinajstić information content (AvgIpc) is 3.16. The lowest BCUT2D eigenvalue weighted by atomic mass is 10.2. The van der Waals surface area contributed by atoms with Gasteiger partial charge in [0.2, 0.25) is 10.0 Å². The predicted octanol–water partition coefficient (Wildman–Crippen LogP) is 0.308. The molecule has 3 aromatic rings. The minimum atomic E-state index is -3.93.